The van der Waals surface area contributed by atoms with Crippen molar-refractivity contribution in [2.75, 3.05) is 12.9 Å². The first-order chi connectivity index (χ1) is 10.1. The van der Waals surface area contributed by atoms with Gasteiger partial charge in [0.25, 0.3) is 10.1 Å². The van der Waals surface area contributed by atoms with E-state index in [1.165, 1.54) is 12.1 Å². The first-order valence-corrected chi connectivity index (χ1v) is 8.55. The van der Waals surface area contributed by atoms with Crippen molar-refractivity contribution in [3.05, 3.63) is 35.4 Å². The predicted octanol–water partition coefficient (Wildman–Crippen LogP) is 3.15. The molecule has 0 bridgehead atoms. The second-order valence-corrected chi connectivity index (χ2v) is 7.13. The average molecular weight is 338 g/mol. The molecular weight excluding hydrogens is 321 g/mol. The van der Waals surface area contributed by atoms with E-state index in [9.17, 15) is 21.6 Å². The van der Waals surface area contributed by atoms with Crippen LogP contribution in [0.4, 0.5) is 13.2 Å². The first kappa shape index (κ1) is 17.2. The molecule has 1 fully saturated rings. The summed E-state index contributed by atoms with van der Waals surface area (Å²) in [6.45, 7) is 1.80. The zero-order valence-electron chi connectivity index (χ0n) is 12.1. The molecule has 1 aromatic rings. The van der Waals surface area contributed by atoms with Gasteiger partial charge in [0, 0.05) is 0 Å². The van der Waals surface area contributed by atoms with Crippen molar-refractivity contribution in [1.82, 2.24) is 0 Å². The van der Waals surface area contributed by atoms with Gasteiger partial charge in [-0.3, -0.25) is 4.18 Å². The van der Waals surface area contributed by atoms with Crippen molar-refractivity contribution >= 4 is 10.1 Å². The second kappa shape index (κ2) is 6.17. The van der Waals surface area contributed by atoms with Crippen molar-refractivity contribution in [3.8, 4) is 0 Å². The monoisotopic (exact) mass is 338 g/mol. The Kier molecular flexibility index (Phi) is 4.84. The molecule has 1 aromatic carbocycles. The number of hydrogen-bond acceptors (Lipinski definition) is 4. The Bertz CT molecular complexity index is 610. The van der Waals surface area contributed by atoms with Crippen LogP contribution >= 0.6 is 0 Å². The maximum atomic E-state index is 12.5. The standard InChI is InChI=1S/C14H17F3O4S/c1-9-7-12(21-13(9)8-20-22(2,18)19)10-3-5-11(6-4-10)14(15,16)17/h3-6,9,12-13H,7-8H2,1-2H3. The van der Waals surface area contributed by atoms with E-state index in [2.05, 4.69) is 0 Å². The number of benzene rings is 1. The average Bonchev–Trinajstić information content (AvgIpc) is 2.76. The second-order valence-electron chi connectivity index (χ2n) is 5.48. The highest BCUT2D eigenvalue weighted by atomic mass is 32.2. The molecule has 0 radical (unpaired) electrons. The van der Waals surface area contributed by atoms with E-state index in [1.54, 1.807) is 0 Å². The van der Waals surface area contributed by atoms with E-state index in [4.69, 9.17) is 8.92 Å². The summed E-state index contributed by atoms with van der Waals surface area (Å²) in [7, 11) is -3.54. The van der Waals surface area contributed by atoms with Gasteiger partial charge in [-0.05, 0) is 30.0 Å². The van der Waals surface area contributed by atoms with Crippen LogP contribution in [0.15, 0.2) is 24.3 Å². The zero-order chi connectivity index (χ0) is 16.5. The van der Waals surface area contributed by atoms with Crippen molar-refractivity contribution in [3.63, 3.8) is 0 Å². The molecule has 0 aliphatic carbocycles. The van der Waals surface area contributed by atoms with Gasteiger partial charge in [0.1, 0.15) is 0 Å². The summed E-state index contributed by atoms with van der Waals surface area (Å²) in [6.07, 6.45) is -3.57. The lowest BCUT2D eigenvalue weighted by Crippen LogP contribution is -2.22. The zero-order valence-corrected chi connectivity index (χ0v) is 12.9. The maximum absolute atomic E-state index is 12.5. The van der Waals surface area contributed by atoms with Gasteiger partial charge in [-0.1, -0.05) is 19.1 Å². The van der Waals surface area contributed by atoms with Gasteiger partial charge >= 0.3 is 6.18 Å². The third-order valence-corrected chi connectivity index (χ3v) is 4.18. The number of hydrogen-bond donors (Lipinski definition) is 0. The third kappa shape index (κ3) is 4.44. The number of ether oxygens (including phenoxy) is 1. The molecular formula is C14H17F3O4S. The molecule has 22 heavy (non-hydrogen) atoms. The van der Waals surface area contributed by atoms with Crippen LogP contribution in [0.25, 0.3) is 0 Å². The molecule has 0 spiro atoms. The summed E-state index contributed by atoms with van der Waals surface area (Å²) in [5.74, 6) is 0.0500. The molecule has 0 amide bonds. The highest BCUT2D eigenvalue weighted by Gasteiger charge is 2.35. The molecule has 1 aliphatic heterocycles. The van der Waals surface area contributed by atoms with Crippen molar-refractivity contribution < 1.29 is 30.5 Å². The Balaban J connectivity index is 2.02. The molecule has 8 heteroatoms. The van der Waals surface area contributed by atoms with Gasteiger partial charge < -0.3 is 4.74 Å². The minimum absolute atomic E-state index is 0.0500. The van der Waals surface area contributed by atoms with Crippen LogP contribution in [0.2, 0.25) is 0 Å². The lowest BCUT2D eigenvalue weighted by atomic mass is 9.98. The first-order valence-electron chi connectivity index (χ1n) is 6.73. The minimum atomic E-state index is -4.37. The van der Waals surface area contributed by atoms with Gasteiger partial charge in [-0.25, -0.2) is 0 Å². The topological polar surface area (TPSA) is 52.6 Å². The normalized spacial score (nSPS) is 26.3. The van der Waals surface area contributed by atoms with E-state index >= 15 is 0 Å². The van der Waals surface area contributed by atoms with Gasteiger partial charge in [0.05, 0.1) is 30.6 Å². The molecule has 0 aromatic heterocycles. The van der Waals surface area contributed by atoms with E-state index in [0.717, 1.165) is 18.4 Å². The quantitative estimate of drug-likeness (QED) is 0.792. The van der Waals surface area contributed by atoms with Crippen LogP contribution in [0.3, 0.4) is 0 Å². The van der Waals surface area contributed by atoms with Gasteiger partial charge in [-0.2, -0.15) is 21.6 Å². The van der Waals surface area contributed by atoms with E-state index in [-0.39, 0.29) is 18.6 Å². The molecule has 0 N–H and O–H groups in total. The largest absolute Gasteiger partial charge is 0.416 e. The molecule has 1 saturated heterocycles. The molecule has 3 atom stereocenters. The van der Waals surface area contributed by atoms with E-state index < -0.39 is 28.0 Å². The summed E-state index contributed by atoms with van der Waals surface area (Å²) in [6, 6.07) is 4.81. The summed E-state index contributed by atoms with van der Waals surface area (Å²) < 4.78 is 70.0. The van der Waals surface area contributed by atoms with Gasteiger partial charge in [0.15, 0.2) is 0 Å². The molecule has 4 nitrogen and oxygen atoms in total. The van der Waals surface area contributed by atoms with Crippen molar-refractivity contribution in [1.29, 1.82) is 0 Å². The Morgan fingerprint density at radius 2 is 1.86 bits per heavy atom. The Morgan fingerprint density at radius 3 is 2.36 bits per heavy atom. The number of halogens is 3. The smallest absolute Gasteiger partial charge is 0.368 e. The van der Waals surface area contributed by atoms with E-state index in [0.29, 0.717) is 12.0 Å². The van der Waals surface area contributed by atoms with Crippen LogP contribution in [0.5, 0.6) is 0 Å². The van der Waals surface area contributed by atoms with Gasteiger partial charge in [0.2, 0.25) is 0 Å². The molecule has 3 unspecified atom stereocenters. The highest BCUT2D eigenvalue weighted by molar-refractivity contribution is 7.85. The van der Waals surface area contributed by atoms with Crippen molar-refractivity contribution in [2.24, 2.45) is 5.92 Å². The summed E-state index contributed by atoms with van der Waals surface area (Å²) in [5, 5.41) is 0. The molecule has 1 aliphatic rings. The fraction of sp³-hybridized carbons (Fsp3) is 0.571. The summed E-state index contributed by atoms with van der Waals surface area (Å²) >= 11 is 0. The van der Waals surface area contributed by atoms with Crippen LogP contribution < -0.4 is 0 Å². The maximum Gasteiger partial charge on any atom is 0.416 e. The Hall–Kier alpha value is -1.12. The number of alkyl halides is 3. The van der Waals surface area contributed by atoms with Crippen LogP contribution in [-0.2, 0) is 25.2 Å². The van der Waals surface area contributed by atoms with Crippen LogP contribution in [-0.4, -0.2) is 27.4 Å². The lowest BCUT2D eigenvalue weighted by Gasteiger charge is -2.15. The van der Waals surface area contributed by atoms with Crippen LogP contribution in [0.1, 0.15) is 30.6 Å². The highest BCUT2D eigenvalue weighted by Crippen LogP contribution is 2.38. The Labute approximate surface area is 127 Å². The fourth-order valence-corrected chi connectivity index (χ4v) is 2.77. The molecule has 0 saturated carbocycles. The summed E-state index contributed by atoms with van der Waals surface area (Å²) in [5.41, 5.74) is -0.0686. The van der Waals surface area contributed by atoms with Gasteiger partial charge in [-0.15, -0.1) is 0 Å². The van der Waals surface area contributed by atoms with Crippen LogP contribution in [0, 0.1) is 5.92 Å². The minimum Gasteiger partial charge on any atom is -0.368 e. The molecule has 2 rings (SSSR count). The SMILES string of the molecule is CC1CC(c2ccc(C(F)(F)F)cc2)OC1COS(C)(=O)=O. The van der Waals surface area contributed by atoms with Crippen molar-refractivity contribution in [2.45, 2.75) is 31.7 Å². The van der Waals surface area contributed by atoms with E-state index in [1.807, 2.05) is 6.92 Å². The fourth-order valence-electron chi connectivity index (χ4n) is 2.39. The molecule has 1 heterocycles. The third-order valence-electron chi connectivity index (χ3n) is 3.62. The summed E-state index contributed by atoms with van der Waals surface area (Å²) in [4.78, 5) is 0. The number of rotatable bonds is 4. The molecule has 124 valence electrons. The predicted molar refractivity (Wildman–Crippen MR) is 73.6 cm³/mol. The lowest BCUT2D eigenvalue weighted by molar-refractivity contribution is -0.137. The Morgan fingerprint density at radius 1 is 1.27 bits per heavy atom.